The van der Waals surface area contributed by atoms with E-state index in [1.165, 1.54) is 30.2 Å². The van der Waals surface area contributed by atoms with Crippen LogP contribution in [0.3, 0.4) is 0 Å². The maximum Gasteiger partial charge on any atom is 0.323 e. The second-order valence-corrected chi connectivity index (χ2v) is 6.94. The number of hydrogen-bond donors (Lipinski definition) is 1. The van der Waals surface area contributed by atoms with E-state index in [1.807, 2.05) is 0 Å². The Morgan fingerprint density at radius 1 is 1.11 bits per heavy atom. The number of nitrogens with one attached hydrogen (secondary N) is 1. The highest BCUT2D eigenvalue weighted by Crippen LogP contribution is 2.25. The van der Waals surface area contributed by atoms with Gasteiger partial charge in [-0.3, -0.25) is 5.32 Å². The number of aryl methyl sites for hydroxylation is 2. The summed E-state index contributed by atoms with van der Waals surface area (Å²) in [6, 6.07) is 8.01. The van der Waals surface area contributed by atoms with Gasteiger partial charge < -0.3 is 19.0 Å². The summed E-state index contributed by atoms with van der Waals surface area (Å²) in [6.07, 6.45) is 1.50. The average Bonchev–Trinajstić information content (AvgIpc) is 3.14. The summed E-state index contributed by atoms with van der Waals surface area (Å²) < 4.78 is 10.5. The molecule has 146 valence electrons. The van der Waals surface area contributed by atoms with Crippen LogP contribution in [0.15, 0.2) is 34.9 Å². The van der Waals surface area contributed by atoms with Gasteiger partial charge >= 0.3 is 6.03 Å². The number of furan rings is 1. The molecule has 4 rings (SSSR count). The van der Waals surface area contributed by atoms with Crippen LogP contribution < -0.4 is 15.0 Å². The van der Waals surface area contributed by atoms with Gasteiger partial charge in [-0.25, -0.2) is 9.78 Å². The van der Waals surface area contributed by atoms with E-state index in [-0.39, 0.29) is 17.7 Å². The molecule has 0 unspecified atom stereocenters. The number of hydrogen-bond acceptors (Lipinski definition) is 6. The van der Waals surface area contributed by atoms with Gasteiger partial charge in [0.1, 0.15) is 5.52 Å². The average molecular weight is 381 g/mol. The number of anilines is 2. The van der Waals surface area contributed by atoms with Gasteiger partial charge in [-0.1, -0.05) is 6.07 Å². The molecule has 1 aromatic carbocycles. The first-order chi connectivity index (χ1) is 13.5. The standard InChI is InChI=1S/C20H23N5O3/c1-13-10-14(2)12-15(11-13)24-5-7-25(8-6-24)20(26)22-17-19(27-3)23-18-16(21-17)4-9-28-18/h4,9-12H,5-8H2,1-3H3,(H,21,22,26). The number of piperazine rings is 1. The summed E-state index contributed by atoms with van der Waals surface area (Å²) >= 11 is 0. The molecule has 8 nitrogen and oxygen atoms in total. The van der Waals surface area contributed by atoms with E-state index in [4.69, 9.17) is 9.15 Å². The summed E-state index contributed by atoms with van der Waals surface area (Å²) in [4.78, 5) is 25.4. The third-order valence-corrected chi connectivity index (χ3v) is 4.82. The van der Waals surface area contributed by atoms with Crippen molar-refractivity contribution < 1.29 is 13.9 Å². The molecule has 3 heterocycles. The Labute approximate surface area is 163 Å². The van der Waals surface area contributed by atoms with Crippen LogP contribution in [0, 0.1) is 13.8 Å². The Kier molecular flexibility index (Phi) is 4.77. The first kappa shape index (κ1) is 18.1. The van der Waals surface area contributed by atoms with E-state index in [0.29, 0.717) is 24.3 Å². The summed E-state index contributed by atoms with van der Waals surface area (Å²) in [7, 11) is 1.48. The van der Waals surface area contributed by atoms with Crippen LogP contribution in [0.1, 0.15) is 11.1 Å². The number of ether oxygens (including phenoxy) is 1. The third-order valence-electron chi connectivity index (χ3n) is 4.82. The van der Waals surface area contributed by atoms with E-state index < -0.39 is 0 Å². The van der Waals surface area contributed by atoms with Crippen LogP contribution in [0.5, 0.6) is 5.88 Å². The predicted molar refractivity (Wildman–Crippen MR) is 107 cm³/mol. The minimum absolute atomic E-state index is 0.212. The number of aromatic nitrogens is 2. The first-order valence-electron chi connectivity index (χ1n) is 9.22. The van der Waals surface area contributed by atoms with Crippen molar-refractivity contribution in [2.24, 2.45) is 0 Å². The number of carbonyl (C=O) groups is 1. The van der Waals surface area contributed by atoms with Gasteiger partial charge in [0.25, 0.3) is 5.88 Å². The van der Waals surface area contributed by atoms with Crippen molar-refractivity contribution in [1.82, 2.24) is 14.9 Å². The number of urea groups is 1. The zero-order valence-electron chi connectivity index (χ0n) is 16.2. The van der Waals surface area contributed by atoms with E-state index in [0.717, 1.165) is 13.1 Å². The topological polar surface area (TPSA) is 83.7 Å². The Hall–Kier alpha value is -3.29. The zero-order chi connectivity index (χ0) is 19.7. The van der Waals surface area contributed by atoms with Crippen LogP contribution in [-0.2, 0) is 0 Å². The highest BCUT2D eigenvalue weighted by Gasteiger charge is 2.23. The van der Waals surface area contributed by atoms with Crippen molar-refractivity contribution in [3.05, 3.63) is 41.7 Å². The maximum absolute atomic E-state index is 12.7. The fourth-order valence-electron chi connectivity index (χ4n) is 3.48. The number of fused-ring (bicyclic) bond motifs is 1. The second-order valence-electron chi connectivity index (χ2n) is 6.94. The van der Waals surface area contributed by atoms with Crippen LogP contribution >= 0.6 is 0 Å². The number of methoxy groups -OCH3 is 1. The lowest BCUT2D eigenvalue weighted by Gasteiger charge is -2.36. The molecule has 1 aliphatic rings. The molecule has 3 aromatic rings. The minimum atomic E-state index is -0.212. The highest BCUT2D eigenvalue weighted by molar-refractivity contribution is 5.90. The molecule has 0 spiro atoms. The lowest BCUT2D eigenvalue weighted by Crippen LogP contribution is -2.50. The second kappa shape index (κ2) is 7.38. The quantitative estimate of drug-likeness (QED) is 0.750. The molecule has 0 aliphatic carbocycles. The SMILES string of the molecule is COc1nc2occc2nc1NC(=O)N1CCN(c2cc(C)cc(C)c2)CC1. The van der Waals surface area contributed by atoms with Gasteiger partial charge in [0, 0.05) is 37.9 Å². The fraction of sp³-hybridized carbons (Fsp3) is 0.350. The van der Waals surface area contributed by atoms with Crippen molar-refractivity contribution in [2.45, 2.75) is 13.8 Å². The van der Waals surface area contributed by atoms with E-state index in [2.05, 4.69) is 52.2 Å². The van der Waals surface area contributed by atoms with Gasteiger partial charge in [-0.15, -0.1) is 0 Å². The lowest BCUT2D eigenvalue weighted by molar-refractivity contribution is 0.208. The van der Waals surface area contributed by atoms with E-state index in [1.54, 1.807) is 11.0 Å². The molecule has 0 atom stereocenters. The van der Waals surface area contributed by atoms with Gasteiger partial charge in [0.15, 0.2) is 5.82 Å². The van der Waals surface area contributed by atoms with Crippen molar-refractivity contribution in [1.29, 1.82) is 0 Å². The molecule has 2 aromatic heterocycles. The predicted octanol–water partition coefficient (Wildman–Crippen LogP) is 3.20. The van der Waals surface area contributed by atoms with Crippen molar-refractivity contribution in [3.63, 3.8) is 0 Å². The fourth-order valence-corrected chi connectivity index (χ4v) is 3.48. The number of nitrogens with zero attached hydrogens (tertiary/aromatic N) is 4. The van der Waals surface area contributed by atoms with Gasteiger partial charge in [-0.2, -0.15) is 4.98 Å². The van der Waals surface area contributed by atoms with Crippen molar-refractivity contribution in [2.75, 3.05) is 43.5 Å². The Balaban J connectivity index is 1.43. The normalized spacial score (nSPS) is 14.4. The Morgan fingerprint density at radius 2 is 1.82 bits per heavy atom. The van der Waals surface area contributed by atoms with Crippen molar-refractivity contribution in [3.8, 4) is 5.88 Å². The summed E-state index contributed by atoms with van der Waals surface area (Å²) in [6.45, 7) is 7.02. The van der Waals surface area contributed by atoms with Crippen LogP contribution in [0.25, 0.3) is 11.2 Å². The van der Waals surface area contributed by atoms with E-state index in [9.17, 15) is 4.79 Å². The summed E-state index contributed by atoms with van der Waals surface area (Å²) in [5, 5.41) is 2.81. The molecular weight excluding hydrogens is 358 g/mol. The molecule has 1 saturated heterocycles. The molecule has 1 aliphatic heterocycles. The largest absolute Gasteiger partial charge is 0.478 e. The number of benzene rings is 1. The minimum Gasteiger partial charge on any atom is -0.478 e. The molecule has 2 amide bonds. The van der Waals surface area contributed by atoms with Gasteiger partial charge in [0.2, 0.25) is 5.71 Å². The van der Waals surface area contributed by atoms with Crippen LogP contribution in [-0.4, -0.2) is 54.2 Å². The molecular formula is C20H23N5O3. The van der Waals surface area contributed by atoms with Crippen LogP contribution in [0.4, 0.5) is 16.3 Å². The first-order valence-corrected chi connectivity index (χ1v) is 9.22. The smallest absolute Gasteiger partial charge is 0.323 e. The Bertz CT molecular complexity index is 988. The molecule has 1 fully saturated rings. The zero-order valence-corrected chi connectivity index (χ0v) is 16.2. The monoisotopic (exact) mass is 381 g/mol. The van der Waals surface area contributed by atoms with E-state index >= 15 is 0 Å². The Morgan fingerprint density at radius 3 is 2.50 bits per heavy atom. The third kappa shape index (κ3) is 3.58. The molecule has 28 heavy (non-hydrogen) atoms. The lowest BCUT2D eigenvalue weighted by atomic mass is 10.1. The van der Waals surface area contributed by atoms with Gasteiger partial charge in [-0.05, 0) is 37.1 Å². The molecule has 0 radical (unpaired) electrons. The summed E-state index contributed by atoms with van der Waals surface area (Å²) in [5.74, 6) is 0.516. The van der Waals surface area contributed by atoms with Crippen LogP contribution in [0.2, 0.25) is 0 Å². The summed E-state index contributed by atoms with van der Waals surface area (Å²) in [5.41, 5.74) is 4.63. The number of carbonyl (C=O) groups excluding carboxylic acids is 1. The highest BCUT2D eigenvalue weighted by atomic mass is 16.5. The van der Waals surface area contributed by atoms with Gasteiger partial charge in [0.05, 0.1) is 13.4 Å². The number of rotatable bonds is 3. The number of amides is 2. The molecule has 0 saturated carbocycles. The maximum atomic E-state index is 12.7. The molecule has 0 bridgehead atoms. The van der Waals surface area contributed by atoms with Crippen molar-refractivity contribution >= 4 is 28.8 Å². The molecule has 1 N–H and O–H groups in total. The molecule has 8 heteroatoms.